The number of carbonyl (C=O) groups is 2. The average Bonchev–Trinajstić information content (AvgIpc) is 2.95. The molecule has 0 unspecified atom stereocenters. The minimum Gasteiger partial charge on any atom is -0.497 e. The van der Waals surface area contributed by atoms with Gasteiger partial charge in [0.15, 0.2) is 5.82 Å². The van der Waals surface area contributed by atoms with Crippen LogP contribution in [-0.4, -0.2) is 43.3 Å². The standard InChI is InChI=1S/C25H24N4O4/c1-16-6-8-17(9-7-16)22-14-24(31)29(25-21(28-22)5-4-10-26-25)15-23(30)27-18-11-19(32-2)13-20(12-18)33-3/h4-13H,14-15H2,1-3H3,(H,27,30). The highest BCUT2D eigenvalue weighted by Gasteiger charge is 2.27. The Morgan fingerprint density at radius 2 is 1.76 bits per heavy atom. The van der Waals surface area contributed by atoms with E-state index in [0.717, 1.165) is 11.1 Å². The molecule has 1 aromatic heterocycles. The summed E-state index contributed by atoms with van der Waals surface area (Å²) in [5, 5.41) is 2.80. The number of pyridine rings is 1. The fourth-order valence-corrected chi connectivity index (χ4v) is 3.52. The second-order valence-corrected chi connectivity index (χ2v) is 7.58. The Bertz CT molecular complexity index is 1200. The van der Waals surface area contributed by atoms with Crippen LogP contribution in [0.4, 0.5) is 17.2 Å². The zero-order valence-electron chi connectivity index (χ0n) is 18.7. The number of aryl methyl sites for hydroxylation is 1. The molecular formula is C25H24N4O4. The highest BCUT2D eigenvalue weighted by Crippen LogP contribution is 2.31. The van der Waals surface area contributed by atoms with E-state index in [4.69, 9.17) is 14.5 Å². The van der Waals surface area contributed by atoms with Crippen LogP contribution in [0, 0.1) is 6.92 Å². The Labute approximate surface area is 191 Å². The molecule has 2 aromatic carbocycles. The van der Waals surface area contributed by atoms with Gasteiger partial charge in [0, 0.05) is 30.1 Å². The highest BCUT2D eigenvalue weighted by molar-refractivity contribution is 6.18. The molecule has 1 N–H and O–H groups in total. The number of carbonyl (C=O) groups excluding carboxylic acids is 2. The van der Waals surface area contributed by atoms with E-state index in [1.165, 1.54) is 19.1 Å². The lowest BCUT2D eigenvalue weighted by molar-refractivity contribution is -0.120. The highest BCUT2D eigenvalue weighted by atomic mass is 16.5. The molecule has 0 fully saturated rings. The molecule has 0 saturated heterocycles. The van der Waals surface area contributed by atoms with E-state index in [-0.39, 0.29) is 24.8 Å². The predicted octanol–water partition coefficient (Wildman–Crippen LogP) is 3.90. The van der Waals surface area contributed by atoms with E-state index in [0.29, 0.717) is 34.4 Å². The Morgan fingerprint density at radius 3 is 2.42 bits per heavy atom. The molecule has 8 nitrogen and oxygen atoms in total. The van der Waals surface area contributed by atoms with E-state index in [1.807, 2.05) is 31.2 Å². The fraction of sp³-hybridized carbons (Fsp3) is 0.200. The van der Waals surface area contributed by atoms with Gasteiger partial charge < -0.3 is 14.8 Å². The van der Waals surface area contributed by atoms with E-state index in [1.54, 1.807) is 36.5 Å². The third-order valence-electron chi connectivity index (χ3n) is 5.22. The second-order valence-electron chi connectivity index (χ2n) is 7.58. The Hall–Kier alpha value is -4.20. The van der Waals surface area contributed by atoms with Crippen molar-refractivity contribution in [3.05, 3.63) is 71.9 Å². The van der Waals surface area contributed by atoms with Gasteiger partial charge in [-0.25, -0.2) is 9.98 Å². The number of ether oxygens (including phenoxy) is 2. The van der Waals surface area contributed by atoms with Gasteiger partial charge >= 0.3 is 0 Å². The molecule has 4 rings (SSSR count). The second kappa shape index (κ2) is 9.52. The molecule has 2 amide bonds. The number of methoxy groups -OCH3 is 2. The van der Waals surface area contributed by atoms with Gasteiger partial charge in [-0.15, -0.1) is 0 Å². The smallest absolute Gasteiger partial charge is 0.244 e. The largest absolute Gasteiger partial charge is 0.497 e. The van der Waals surface area contributed by atoms with Crippen LogP contribution in [-0.2, 0) is 9.59 Å². The molecule has 1 aliphatic rings. The predicted molar refractivity (Wildman–Crippen MR) is 127 cm³/mol. The molecule has 0 aliphatic carbocycles. The summed E-state index contributed by atoms with van der Waals surface area (Å²) in [5.74, 6) is 0.791. The molecule has 0 bridgehead atoms. The number of aliphatic imine (C=N–C) groups is 1. The monoisotopic (exact) mass is 444 g/mol. The van der Waals surface area contributed by atoms with Gasteiger partial charge in [0.05, 0.1) is 26.4 Å². The molecular weight excluding hydrogens is 420 g/mol. The molecule has 3 aromatic rings. The number of anilines is 2. The van der Waals surface area contributed by atoms with E-state index in [9.17, 15) is 9.59 Å². The van der Waals surface area contributed by atoms with Crippen LogP contribution < -0.4 is 19.7 Å². The summed E-state index contributed by atoms with van der Waals surface area (Å²) in [6.45, 7) is 1.79. The topological polar surface area (TPSA) is 93.1 Å². The molecule has 0 radical (unpaired) electrons. The molecule has 0 atom stereocenters. The van der Waals surface area contributed by atoms with Crippen LogP contribution >= 0.6 is 0 Å². The normalized spacial score (nSPS) is 13.0. The van der Waals surface area contributed by atoms with Gasteiger partial charge in [-0.05, 0) is 24.6 Å². The summed E-state index contributed by atoms with van der Waals surface area (Å²) in [5.41, 5.74) is 3.65. The zero-order chi connectivity index (χ0) is 23.4. The number of amides is 2. The first-order chi connectivity index (χ1) is 16.0. The molecule has 0 saturated carbocycles. The summed E-state index contributed by atoms with van der Waals surface area (Å²) in [6.07, 6.45) is 1.63. The van der Waals surface area contributed by atoms with Crippen LogP contribution in [0.25, 0.3) is 0 Å². The number of hydrogen-bond donors (Lipinski definition) is 1. The van der Waals surface area contributed by atoms with Crippen LogP contribution in [0.5, 0.6) is 11.5 Å². The number of benzene rings is 2. The summed E-state index contributed by atoms with van der Waals surface area (Å²) in [7, 11) is 3.06. The Morgan fingerprint density at radius 1 is 1.06 bits per heavy atom. The minimum absolute atomic E-state index is 0.0552. The third-order valence-corrected chi connectivity index (χ3v) is 5.22. The molecule has 0 spiro atoms. The van der Waals surface area contributed by atoms with Crippen molar-refractivity contribution in [2.45, 2.75) is 13.3 Å². The van der Waals surface area contributed by atoms with Crippen LogP contribution in [0.3, 0.4) is 0 Å². The molecule has 33 heavy (non-hydrogen) atoms. The van der Waals surface area contributed by atoms with Crippen molar-refractivity contribution >= 4 is 34.7 Å². The summed E-state index contributed by atoms with van der Waals surface area (Å²) < 4.78 is 10.5. The third kappa shape index (κ3) is 5.01. The number of aromatic nitrogens is 1. The molecule has 1 aliphatic heterocycles. The van der Waals surface area contributed by atoms with Crippen molar-refractivity contribution in [2.75, 3.05) is 31.0 Å². The van der Waals surface area contributed by atoms with Gasteiger partial charge in [0.25, 0.3) is 0 Å². The van der Waals surface area contributed by atoms with Crippen molar-refractivity contribution in [2.24, 2.45) is 4.99 Å². The SMILES string of the molecule is COc1cc(NC(=O)CN2C(=O)CC(c3ccc(C)cc3)=Nc3cccnc32)cc(OC)c1. The lowest BCUT2D eigenvalue weighted by Gasteiger charge is -2.21. The van der Waals surface area contributed by atoms with Crippen molar-refractivity contribution in [3.8, 4) is 11.5 Å². The maximum Gasteiger partial charge on any atom is 0.244 e. The molecule has 8 heteroatoms. The number of fused-ring (bicyclic) bond motifs is 1. The Balaban J connectivity index is 1.59. The summed E-state index contributed by atoms with van der Waals surface area (Å²) in [4.78, 5) is 36.5. The molecule has 2 heterocycles. The van der Waals surface area contributed by atoms with Crippen molar-refractivity contribution < 1.29 is 19.1 Å². The van der Waals surface area contributed by atoms with Gasteiger partial charge in [-0.1, -0.05) is 29.8 Å². The van der Waals surface area contributed by atoms with Crippen molar-refractivity contribution in [1.82, 2.24) is 4.98 Å². The number of nitrogens with one attached hydrogen (secondary N) is 1. The van der Waals surface area contributed by atoms with Crippen LogP contribution in [0.15, 0.2) is 65.8 Å². The quantitative estimate of drug-likeness (QED) is 0.622. The van der Waals surface area contributed by atoms with Gasteiger partial charge in [0.1, 0.15) is 23.7 Å². The fourth-order valence-electron chi connectivity index (χ4n) is 3.52. The lowest BCUT2D eigenvalue weighted by atomic mass is 10.1. The van der Waals surface area contributed by atoms with Crippen LogP contribution in [0.2, 0.25) is 0 Å². The first kappa shape index (κ1) is 22.0. The van der Waals surface area contributed by atoms with E-state index in [2.05, 4.69) is 10.3 Å². The van der Waals surface area contributed by atoms with Gasteiger partial charge in [-0.3, -0.25) is 14.5 Å². The summed E-state index contributed by atoms with van der Waals surface area (Å²) >= 11 is 0. The van der Waals surface area contributed by atoms with Gasteiger partial charge in [0.2, 0.25) is 11.8 Å². The maximum absolute atomic E-state index is 13.2. The van der Waals surface area contributed by atoms with E-state index < -0.39 is 0 Å². The van der Waals surface area contributed by atoms with Crippen molar-refractivity contribution in [1.29, 1.82) is 0 Å². The number of rotatable bonds is 6. The first-order valence-electron chi connectivity index (χ1n) is 10.4. The maximum atomic E-state index is 13.2. The van der Waals surface area contributed by atoms with Crippen LogP contribution in [0.1, 0.15) is 17.5 Å². The van der Waals surface area contributed by atoms with Crippen molar-refractivity contribution in [3.63, 3.8) is 0 Å². The zero-order valence-corrected chi connectivity index (χ0v) is 18.7. The lowest BCUT2D eigenvalue weighted by Crippen LogP contribution is -2.39. The average molecular weight is 444 g/mol. The van der Waals surface area contributed by atoms with Gasteiger partial charge in [-0.2, -0.15) is 0 Å². The number of hydrogen-bond acceptors (Lipinski definition) is 6. The summed E-state index contributed by atoms with van der Waals surface area (Å²) in [6, 6.07) is 16.4. The number of nitrogens with zero attached hydrogens (tertiary/aromatic N) is 3. The Kier molecular flexibility index (Phi) is 6.35. The molecule has 168 valence electrons. The first-order valence-corrected chi connectivity index (χ1v) is 10.4. The minimum atomic E-state index is -0.381. The van der Waals surface area contributed by atoms with E-state index >= 15 is 0 Å².